The molecule has 1 aromatic carbocycles. The van der Waals surface area contributed by atoms with Crippen LogP contribution in [0.1, 0.15) is 39.2 Å². The van der Waals surface area contributed by atoms with Crippen LogP contribution in [0.3, 0.4) is 0 Å². The van der Waals surface area contributed by atoms with Crippen LogP contribution >= 0.6 is 0 Å². The van der Waals surface area contributed by atoms with Gasteiger partial charge in [-0.15, -0.1) is 0 Å². The molecule has 0 aromatic heterocycles. The zero-order chi connectivity index (χ0) is 11.8. The van der Waals surface area contributed by atoms with Crippen LogP contribution in [0, 0.1) is 5.92 Å². The van der Waals surface area contributed by atoms with Gasteiger partial charge in [0.2, 0.25) is 0 Å². The molecule has 1 nitrogen and oxygen atoms in total. The van der Waals surface area contributed by atoms with E-state index < -0.39 is 0 Å². The summed E-state index contributed by atoms with van der Waals surface area (Å²) in [6, 6.07) is 11.0. The predicted molar refractivity (Wildman–Crippen MR) is 69.7 cm³/mol. The Morgan fingerprint density at radius 2 is 1.69 bits per heavy atom. The lowest BCUT2D eigenvalue weighted by atomic mass is 9.90. The molecular formula is C15H23N. The van der Waals surface area contributed by atoms with Gasteiger partial charge in [-0.2, -0.15) is 0 Å². The van der Waals surface area contributed by atoms with Gasteiger partial charge in [-0.25, -0.2) is 0 Å². The van der Waals surface area contributed by atoms with Gasteiger partial charge < -0.3 is 0 Å². The van der Waals surface area contributed by atoms with E-state index in [2.05, 4.69) is 62.9 Å². The van der Waals surface area contributed by atoms with Gasteiger partial charge in [0.15, 0.2) is 0 Å². The van der Waals surface area contributed by atoms with E-state index in [-0.39, 0.29) is 0 Å². The lowest BCUT2D eigenvalue weighted by Gasteiger charge is -2.31. The molecule has 1 aliphatic rings. The van der Waals surface area contributed by atoms with Crippen molar-refractivity contribution < 1.29 is 0 Å². The highest BCUT2D eigenvalue weighted by atomic mass is 15.2. The average molecular weight is 217 g/mol. The fraction of sp³-hybridized carbons (Fsp3) is 0.600. The molecule has 1 aliphatic heterocycles. The van der Waals surface area contributed by atoms with Crippen molar-refractivity contribution in [3.05, 3.63) is 35.9 Å². The molecule has 88 valence electrons. The number of nitrogens with zero attached hydrogens (tertiary/aromatic N) is 1. The molecule has 1 heterocycles. The van der Waals surface area contributed by atoms with E-state index in [1.165, 1.54) is 18.7 Å². The van der Waals surface area contributed by atoms with Gasteiger partial charge in [-0.05, 0) is 32.3 Å². The van der Waals surface area contributed by atoms with Crippen LogP contribution in [-0.4, -0.2) is 23.5 Å². The zero-order valence-electron chi connectivity index (χ0n) is 10.9. The molecule has 1 aromatic rings. The minimum absolute atomic E-state index is 0.303. The van der Waals surface area contributed by atoms with Crippen molar-refractivity contribution in [2.45, 2.75) is 39.2 Å². The third-order valence-electron chi connectivity index (χ3n) is 3.79. The molecule has 1 saturated heterocycles. The summed E-state index contributed by atoms with van der Waals surface area (Å²) in [6.45, 7) is 11.7. The lowest BCUT2D eigenvalue weighted by molar-refractivity contribution is 0.168. The lowest BCUT2D eigenvalue weighted by Crippen LogP contribution is -2.39. The Bertz CT molecular complexity index is 336. The van der Waals surface area contributed by atoms with Crippen LogP contribution in [0.15, 0.2) is 30.3 Å². The summed E-state index contributed by atoms with van der Waals surface area (Å²) in [7, 11) is 0. The van der Waals surface area contributed by atoms with E-state index >= 15 is 0 Å². The second-order valence-electron chi connectivity index (χ2n) is 6.07. The number of likely N-dealkylation sites (tertiary alicyclic amines) is 1. The predicted octanol–water partition coefficient (Wildman–Crippen LogP) is 3.52. The molecule has 0 aliphatic carbocycles. The van der Waals surface area contributed by atoms with Crippen LogP contribution < -0.4 is 0 Å². The van der Waals surface area contributed by atoms with Crippen LogP contribution in [-0.2, 0) is 0 Å². The number of rotatable bonds is 1. The Morgan fingerprint density at radius 3 is 2.19 bits per heavy atom. The largest absolute Gasteiger partial charge is 0.298 e. The monoisotopic (exact) mass is 217 g/mol. The summed E-state index contributed by atoms with van der Waals surface area (Å²) >= 11 is 0. The highest BCUT2D eigenvalue weighted by molar-refractivity contribution is 5.22. The molecule has 0 N–H and O–H groups in total. The molecule has 1 heteroatoms. The first-order chi connectivity index (χ1) is 7.48. The molecule has 2 rings (SSSR count). The van der Waals surface area contributed by atoms with Gasteiger partial charge in [0.1, 0.15) is 0 Å². The molecule has 0 saturated carbocycles. The summed E-state index contributed by atoms with van der Waals surface area (Å²) < 4.78 is 0. The van der Waals surface area contributed by atoms with Crippen LogP contribution in [0.4, 0.5) is 0 Å². The molecule has 0 spiro atoms. The van der Waals surface area contributed by atoms with Gasteiger partial charge in [-0.3, -0.25) is 4.90 Å². The highest BCUT2D eigenvalue weighted by Crippen LogP contribution is 2.35. The SMILES string of the molecule is C[C@@H]1CN(C(C)(C)C)C[C@H]1c1ccccc1. The van der Waals surface area contributed by atoms with Gasteiger partial charge in [-0.1, -0.05) is 37.3 Å². The molecular weight excluding hydrogens is 194 g/mol. The van der Waals surface area contributed by atoms with E-state index in [9.17, 15) is 0 Å². The fourth-order valence-electron chi connectivity index (χ4n) is 2.65. The molecule has 0 unspecified atom stereocenters. The summed E-state index contributed by atoms with van der Waals surface area (Å²) in [4.78, 5) is 2.61. The van der Waals surface area contributed by atoms with E-state index in [1.807, 2.05) is 0 Å². The first-order valence-corrected chi connectivity index (χ1v) is 6.28. The van der Waals surface area contributed by atoms with Crippen molar-refractivity contribution in [1.29, 1.82) is 0 Å². The Labute approximate surface area is 99.5 Å². The average Bonchev–Trinajstić information content (AvgIpc) is 2.61. The molecule has 1 fully saturated rings. The fourth-order valence-corrected chi connectivity index (χ4v) is 2.65. The molecule has 0 bridgehead atoms. The Morgan fingerprint density at radius 1 is 1.06 bits per heavy atom. The van der Waals surface area contributed by atoms with Crippen molar-refractivity contribution in [2.75, 3.05) is 13.1 Å². The smallest absolute Gasteiger partial charge is 0.0125 e. The molecule has 16 heavy (non-hydrogen) atoms. The van der Waals surface area contributed by atoms with Crippen molar-refractivity contribution in [1.82, 2.24) is 4.90 Å². The first-order valence-electron chi connectivity index (χ1n) is 6.28. The normalized spacial score (nSPS) is 27.2. The zero-order valence-corrected chi connectivity index (χ0v) is 10.9. The first kappa shape index (κ1) is 11.7. The Hall–Kier alpha value is -0.820. The minimum Gasteiger partial charge on any atom is -0.298 e. The molecule has 0 amide bonds. The number of benzene rings is 1. The third kappa shape index (κ3) is 2.30. The van der Waals surface area contributed by atoms with Crippen molar-refractivity contribution in [3.8, 4) is 0 Å². The molecule has 0 radical (unpaired) electrons. The number of hydrogen-bond donors (Lipinski definition) is 0. The van der Waals surface area contributed by atoms with E-state index in [0.717, 1.165) is 5.92 Å². The highest BCUT2D eigenvalue weighted by Gasteiger charge is 2.35. The van der Waals surface area contributed by atoms with E-state index in [0.29, 0.717) is 11.5 Å². The topological polar surface area (TPSA) is 3.24 Å². The van der Waals surface area contributed by atoms with Crippen LogP contribution in [0.25, 0.3) is 0 Å². The maximum Gasteiger partial charge on any atom is 0.0125 e. The maximum absolute atomic E-state index is 2.61. The van der Waals surface area contributed by atoms with Crippen LogP contribution in [0.2, 0.25) is 0 Å². The van der Waals surface area contributed by atoms with Crippen LogP contribution in [0.5, 0.6) is 0 Å². The van der Waals surface area contributed by atoms with Crippen molar-refractivity contribution >= 4 is 0 Å². The van der Waals surface area contributed by atoms with Crippen molar-refractivity contribution in [3.63, 3.8) is 0 Å². The van der Waals surface area contributed by atoms with E-state index in [4.69, 9.17) is 0 Å². The third-order valence-corrected chi connectivity index (χ3v) is 3.79. The van der Waals surface area contributed by atoms with Crippen molar-refractivity contribution in [2.24, 2.45) is 5.92 Å². The quantitative estimate of drug-likeness (QED) is 0.695. The standard InChI is InChI=1S/C15H23N/c1-12-10-16(15(2,3)4)11-14(12)13-8-6-5-7-9-13/h5-9,12,14H,10-11H2,1-4H3/t12-,14-/m1/s1. The summed E-state index contributed by atoms with van der Waals surface area (Å²) in [6.07, 6.45) is 0. The summed E-state index contributed by atoms with van der Waals surface area (Å²) in [5.41, 5.74) is 1.80. The van der Waals surface area contributed by atoms with Gasteiger partial charge in [0, 0.05) is 24.5 Å². The second-order valence-corrected chi connectivity index (χ2v) is 6.07. The van der Waals surface area contributed by atoms with Gasteiger partial charge in [0.25, 0.3) is 0 Å². The maximum atomic E-state index is 2.61. The number of hydrogen-bond acceptors (Lipinski definition) is 1. The summed E-state index contributed by atoms with van der Waals surface area (Å²) in [5, 5.41) is 0. The van der Waals surface area contributed by atoms with Gasteiger partial charge in [0.05, 0.1) is 0 Å². The minimum atomic E-state index is 0.303. The summed E-state index contributed by atoms with van der Waals surface area (Å²) in [5.74, 6) is 1.47. The van der Waals surface area contributed by atoms with Gasteiger partial charge >= 0.3 is 0 Å². The molecule has 2 atom stereocenters. The van der Waals surface area contributed by atoms with E-state index in [1.54, 1.807) is 0 Å². The second kappa shape index (κ2) is 4.21. The Kier molecular flexibility index (Phi) is 3.07. The Balaban J connectivity index is 2.15.